The minimum atomic E-state index is -4.62. The van der Waals surface area contributed by atoms with E-state index in [1.165, 1.54) is 12.1 Å². The van der Waals surface area contributed by atoms with Crippen LogP contribution < -0.4 is 0 Å². The summed E-state index contributed by atoms with van der Waals surface area (Å²) in [6.07, 6.45) is 0. The zero-order valence-electron chi connectivity index (χ0n) is 7.92. The molecule has 3 nitrogen and oxygen atoms in total. The van der Waals surface area contributed by atoms with Gasteiger partial charge in [0, 0.05) is 0 Å². The third-order valence-corrected chi connectivity index (χ3v) is 2.96. The molecule has 0 aliphatic carbocycles. The van der Waals surface area contributed by atoms with Crippen LogP contribution in [0.4, 0.5) is 0 Å². The van der Waals surface area contributed by atoms with Gasteiger partial charge in [-0.2, -0.15) is 0 Å². The van der Waals surface area contributed by atoms with Crippen LogP contribution in [0.25, 0.3) is 10.8 Å². The molecule has 0 aliphatic heterocycles. The zero-order valence-corrected chi connectivity index (χ0v) is 12.3. The van der Waals surface area contributed by atoms with Crippen molar-refractivity contribution >= 4 is 66.7 Å². The first-order valence-corrected chi connectivity index (χ1v) is 5.63. The Morgan fingerprint density at radius 3 is 2.13 bits per heavy atom. The Labute approximate surface area is 126 Å². The molecule has 0 saturated heterocycles. The third kappa shape index (κ3) is 3.10. The molecule has 2 aromatic rings. The second-order valence-electron chi connectivity index (χ2n) is 3.03. The van der Waals surface area contributed by atoms with Crippen molar-refractivity contribution in [2.24, 2.45) is 0 Å². The predicted molar refractivity (Wildman–Crippen MR) is 59.1 cm³/mol. The van der Waals surface area contributed by atoms with Crippen LogP contribution in [-0.4, -0.2) is 58.8 Å². The van der Waals surface area contributed by atoms with Crippen LogP contribution in [0, 0.1) is 0 Å². The molecular weight excluding hydrogens is 288 g/mol. The summed E-state index contributed by atoms with van der Waals surface area (Å²) in [5.41, 5.74) is 0. The van der Waals surface area contributed by atoms with Crippen LogP contribution in [0.5, 0.6) is 0 Å². The molecule has 0 unspecified atom stereocenters. The van der Waals surface area contributed by atoms with Gasteiger partial charge in [-0.15, -0.1) is 0 Å². The van der Waals surface area contributed by atoms with E-state index in [0.29, 0.717) is 0 Å². The second kappa shape index (κ2) is 5.05. The molecule has 0 aromatic heterocycles. The van der Waals surface area contributed by atoms with Gasteiger partial charge in [-0.25, -0.2) is 10.5 Å². The number of hydrogen-bond acceptors (Lipinski definition) is 3. The number of thiol groups is 1. The van der Waals surface area contributed by atoms with E-state index in [2.05, 4.69) is 0 Å². The van der Waals surface area contributed by atoms with Crippen LogP contribution in [0.15, 0.2) is 47.4 Å². The Morgan fingerprint density at radius 1 is 0.933 bits per heavy atom. The van der Waals surface area contributed by atoms with E-state index in [1.807, 2.05) is 12.1 Å². The van der Waals surface area contributed by atoms with Crippen molar-refractivity contribution < 1.29 is 13.3 Å². The van der Waals surface area contributed by atoms with E-state index in [9.17, 15) is 13.3 Å². The van der Waals surface area contributed by atoms with Crippen molar-refractivity contribution in [3.05, 3.63) is 42.5 Å². The van der Waals surface area contributed by atoms with Crippen molar-refractivity contribution in [1.82, 2.24) is 0 Å². The van der Waals surface area contributed by atoms with E-state index in [-0.39, 0.29) is 50.4 Å². The van der Waals surface area contributed by atoms with Gasteiger partial charge in [0.1, 0.15) is 0 Å². The van der Waals surface area contributed by atoms with Gasteiger partial charge < -0.3 is 13.3 Å². The Balaban J connectivity index is 0.00000112. The van der Waals surface area contributed by atoms with Gasteiger partial charge in [-0.05, 0) is 27.8 Å². The monoisotopic (exact) mass is 296 g/mol. The van der Waals surface area contributed by atoms with Gasteiger partial charge in [0.05, 0.1) is 0 Å². The number of hydrogen-bond donors (Lipinski definition) is 1. The standard InChI is InChI=1S/C10H10O3S.Sr/c11-14(12,13)10-6-5-8-3-1-2-4-9(8)7-10;/h1-7,14H,(H2,11,12,13);/q;+2/p-2. The summed E-state index contributed by atoms with van der Waals surface area (Å²) in [6, 6.07) is 11.7. The first-order valence-electron chi connectivity index (χ1n) is 4.09. The minimum Gasteiger partial charge on any atom is -0.797 e. The average molecular weight is 296 g/mol. The molecule has 15 heavy (non-hydrogen) atoms. The Hall–Kier alpha value is 0.251. The molecule has 0 radical (unpaired) electrons. The number of benzene rings is 2. The molecule has 0 bridgehead atoms. The van der Waals surface area contributed by atoms with Crippen molar-refractivity contribution in [2.75, 3.05) is 0 Å². The molecule has 0 amide bonds. The Kier molecular flexibility index (Phi) is 4.49. The second-order valence-corrected chi connectivity index (χ2v) is 4.54. The molecule has 0 heterocycles. The molecule has 74 valence electrons. The van der Waals surface area contributed by atoms with Gasteiger partial charge in [-0.3, -0.25) is 0 Å². The number of rotatable bonds is 1. The van der Waals surface area contributed by atoms with Crippen LogP contribution in [0.2, 0.25) is 0 Å². The molecule has 0 aliphatic rings. The zero-order chi connectivity index (χ0) is 10.2. The van der Waals surface area contributed by atoms with Crippen LogP contribution in [0.1, 0.15) is 0 Å². The normalized spacial score (nSPS) is 12.1. The summed E-state index contributed by atoms with van der Waals surface area (Å²) in [6.45, 7) is 0. The van der Waals surface area contributed by atoms with E-state index in [0.717, 1.165) is 10.8 Å². The SMILES string of the molecule is O=[SH]([O-])([O-])c1ccc2ccccc2c1.[Sr+2]. The summed E-state index contributed by atoms with van der Waals surface area (Å²) < 4.78 is 32.2. The fourth-order valence-corrected chi connectivity index (χ4v) is 1.90. The molecule has 0 spiro atoms. The van der Waals surface area contributed by atoms with Crippen LogP contribution >= 0.6 is 0 Å². The smallest absolute Gasteiger partial charge is 0.797 e. The summed E-state index contributed by atoms with van der Waals surface area (Å²) in [4.78, 5) is -0.156. The average Bonchev–Trinajstić information content (AvgIpc) is 2.16. The van der Waals surface area contributed by atoms with Gasteiger partial charge >= 0.3 is 45.5 Å². The number of fused-ring (bicyclic) bond motifs is 1. The van der Waals surface area contributed by atoms with Crippen LogP contribution in [0.3, 0.4) is 0 Å². The molecule has 2 aromatic carbocycles. The molecule has 0 fully saturated rings. The summed E-state index contributed by atoms with van der Waals surface area (Å²) in [5, 5.41) is 1.68. The largest absolute Gasteiger partial charge is 2.00 e. The molecule has 2 rings (SSSR count). The fraction of sp³-hybridized carbons (Fsp3) is 0. The summed E-state index contributed by atoms with van der Waals surface area (Å²) in [5.74, 6) is 0. The quantitative estimate of drug-likeness (QED) is 0.633. The van der Waals surface area contributed by atoms with E-state index in [1.54, 1.807) is 18.2 Å². The van der Waals surface area contributed by atoms with Gasteiger partial charge in [0.25, 0.3) is 0 Å². The van der Waals surface area contributed by atoms with E-state index < -0.39 is 10.5 Å². The summed E-state index contributed by atoms with van der Waals surface area (Å²) >= 11 is 0. The van der Waals surface area contributed by atoms with Gasteiger partial charge in [-0.1, -0.05) is 30.3 Å². The Bertz CT molecular complexity index is 521. The summed E-state index contributed by atoms with van der Waals surface area (Å²) in [7, 11) is -4.62. The molecule has 5 heteroatoms. The van der Waals surface area contributed by atoms with Crippen molar-refractivity contribution in [1.29, 1.82) is 0 Å². The molecule has 0 atom stereocenters. The van der Waals surface area contributed by atoms with Gasteiger partial charge in [0.15, 0.2) is 0 Å². The first-order chi connectivity index (χ1) is 6.57. The minimum absolute atomic E-state index is 0. The molecular formula is C10H8O3SSr. The maximum atomic E-state index is 10.7. The third-order valence-electron chi connectivity index (χ3n) is 2.05. The maximum Gasteiger partial charge on any atom is 2.00 e. The maximum absolute atomic E-state index is 10.7. The Morgan fingerprint density at radius 2 is 1.53 bits per heavy atom. The van der Waals surface area contributed by atoms with Gasteiger partial charge in [0.2, 0.25) is 0 Å². The van der Waals surface area contributed by atoms with Crippen molar-refractivity contribution in [2.45, 2.75) is 4.90 Å². The van der Waals surface area contributed by atoms with E-state index in [4.69, 9.17) is 0 Å². The topological polar surface area (TPSA) is 63.2 Å². The van der Waals surface area contributed by atoms with Crippen LogP contribution in [-0.2, 0) is 10.5 Å². The molecule has 0 N–H and O–H groups in total. The predicted octanol–water partition coefficient (Wildman–Crippen LogP) is 1.10. The van der Waals surface area contributed by atoms with Crippen molar-refractivity contribution in [3.63, 3.8) is 0 Å². The first kappa shape index (κ1) is 13.3. The van der Waals surface area contributed by atoms with Crippen molar-refractivity contribution in [3.8, 4) is 0 Å². The van der Waals surface area contributed by atoms with E-state index >= 15 is 0 Å². The fourth-order valence-electron chi connectivity index (χ4n) is 1.35. The molecule has 0 saturated carbocycles.